The largest absolute Gasteiger partial charge is 0.496 e. The number of hydrogen-bond donors (Lipinski definition) is 1. The number of hydrogen-bond acceptors (Lipinski definition) is 5. The first-order valence-electron chi connectivity index (χ1n) is 10.9. The SMILES string of the molecule is COc1ccc(S(=O)(=O)N(CC(=O)NCCSCc2cccc(C)c2)c2ccccc2)cc1C. The number of para-hydroxylation sites is 1. The van der Waals surface area contributed by atoms with Crippen LogP contribution in [0.3, 0.4) is 0 Å². The summed E-state index contributed by atoms with van der Waals surface area (Å²) in [6.07, 6.45) is 0. The number of aryl methyl sites for hydroxylation is 2. The zero-order valence-corrected chi connectivity index (χ0v) is 21.3. The fourth-order valence-corrected chi connectivity index (χ4v) is 5.80. The molecule has 1 amide bonds. The highest BCUT2D eigenvalue weighted by atomic mass is 32.2. The smallest absolute Gasteiger partial charge is 0.264 e. The monoisotopic (exact) mass is 498 g/mol. The molecule has 0 aromatic heterocycles. The van der Waals surface area contributed by atoms with Crippen LogP contribution in [0, 0.1) is 13.8 Å². The molecular formula is C26H30N2O4S2. The van der Waals surface area contributed by atoms with E-state index in [1.54, 1.807) is 61.2 Å². The molecule has 180 valence electrons. The van der Waals surface area contributed by atoms with Crippen LogP contribution in [0.5, 0.6) is 5.75 Å². The summed E-state index contributed by atoms with van der Waals surface area (Å²) in [4.78, 5) is 12.8. The van der Waals surface area contributed by atoms with E-state index in [4.69, 9.17) is 4.74 Å². The molecule has 0 bridgehead atoms. The van der Waals surface area contributed by atoms with Crippen LogP contribution in [0.15, 0.2) is 77.7 Å². The molecule has 0 fully saturated rings. The minimum atomic E-state index is -3.96. The zero-order chi connectivity index (χ0) is 24.6. The Morgan fingerprint density at radius 1 is 1.00 bits per heavy atom. The summed E-state index contributed by atoms with van der Waals surface area (Å²) in [5.41, 5.74) is 3.60. The van der Waals surface area contributed by atoms with Crippen LogP contribution in [0.4, 0.5) is 5.69 Å². The molecule has 3 rings (SSSR count). The van der Waals surface area contributed by atoms with Gasteiger partial charge in [0.05, 0.1) is 17.7 Å². The molecule has 0 saturated carbocycles. The standard InChI is InChI=1S/C26H30N2O4S2/c1-20-8-7-9-22(16-20)19-33-15-14-27-26(29)18-28(23-10-5-4-6-11-23)34(30,31)24-12-13-25(32-3)21(2)17-24/h4-13,16-17H,14-15,18-19H2,1-3H3,(H,27,29). The molecule has 0 aliphatic heterocycles. The maximum Gasteiger partial charge on any atom is 0.264 e. The first-order chi connectivity index (χ1) is 16.3. The predicted octanol–water partition coefficient (Wildman–Crippen LogP) is 4.56. The second-order valence-electron chi connectivity index (χ2n) is 7.87. The van der Waals surface area contributed by atoms with Crippen molar-refractivity contribution in [2.45, 2.75) is 24.5 Å². The molecule has 0 unspecified atom stereocenters. The van der Waals surface area contributed by atoms with Gasteiger partial charge in [0.2, 0.25) is 5.91 Å². The molecule has 34 heavy (non-hydrogen) atoms. The second kappa shape index (κ2) is 11.9. The van der Waals surface area contributed by atoms with E-state index in [0.29, 0.717) is 23.5 Å². The average molecular weight is 499 g/mol. The Morgan fingerprint density at radius 3 is 2.44 bits per heavy atom. The maximum atomic E-state index is 13.5. The minimum absolute atomic E-state index is 0.108. The van der Waals surface area contributed by atoms with Gasteiger partial charge in [0.1, 0.15) is 12.3 Å². The Labute approximate surface area is 206 Å². The molecule has 0 saturated heterocycles. The second-order valence-corrected chi connectivity index (χ2v) is 10.8. The summed E-state index contributed by atoms with van der Waals surface area (Å²) >= 11 is 1.72. The van der Waals surface area contributed by atoms with E-state index in [-0.39, 0.29) is 17.3 Å². The van der Waals surface area contributed by atoms with Gasteiger partial charge in [-0.25, -0.2) is 8.42 Å². The quantitative estimate of drug-likeness (QED) is 0.393. The lowest BCUT2D eigenvalue weighted by molar-refractivity contribution is -0.119. The Bertz CT molecular complexity index is 1210. The molecule has 1 N–H and O–H groups in total. The number of nitrogens with one attached hydrogen (secondary N) is 1. The van der Waals surface area contributed by atoms with Crippen LogP contribution in [0.25, 0.3) is 0 Å². The van der Waals surface area contributed by atoms with Crippen molar-refractivity contribution in [3.8, 4) is 5.75 Å². The molecule has 6 nitrogen and oxygen atoms in total. The molecule has 0 atom stereocenters. The van der Waals surface area contributed by atoms with Crippen LogP contribution in [-0.4, -0.2) is 40.3 Å². The highest BCUT2D eigenvalue weighted by molar-refractivity contribution is 7.98. The minimum Gasteiger partial charge on any atom is -0.496 e. The van der Waals surface area contributed by atoms with E-state index in [1.807, 2.05) is 6.07 Å². The number of carbonyl (C=O) groups is 1. The molecule has 0 aliphatic carbocycles. The van der Waals surface area contributed by atoms with Crippen LogP contribution in [0.1, 0.15) is 16.7 Å². The number of rotatable bonds is 11. The molecule has 8 heteroatoms. The van der Waals surface area contributed by atoms with Gasteiger partial charge in [0.15, 0.2) is 0 Å². The predicted molar refractivity (Wildman–Crippen MR) is 139 cm³/mol. The summed E-state index contributed by atoms with van der Waals surface area (Å²) < 4.78 is 33.4. The lowest BCUT2D eigenvalue weighted by atomic mass is 10.2. The van der Waals surface area contributed by atoms with Crippen molar-refractivity contribution >= 4 is 33.4 Å². The van der Waals surface area contributed by atoms with Gasteiger partial charge >= 0.3 is 0 Å². The van der Waals surface area contributed by atoms with Gasteiger partial charge < -0.3 is 10.1 Å². The van der Waals surface area contributed by atoms with E-state index < -0.39 is 10.0 Å². The van der Waals surface area contributed by atoms with Gasteiger partial charge in [0.25, 0.3) is 10.0 Å². The Morgan fingerprint density at radius 2 is 1.76 bits per heavy atom. The molecule has 3 aromatic rings. The summed E-state index contributed by atoms with van der Waals surface area (Å²) in [6, 6.07) is 21.7. The van der Waals surface area contributed by atoms with Crippen molar-refractivity contribution in [1.82, 2.24) is 5.32 Å². The molecule has 3 aromatic carbocycles. The fourth-order valence-electron chi connectivity index (χ4n) is 3.49. The number of amides is 1. The van der Waals surface area contributed by atoms with Gasteiger partial charge in [-0.1, -0.05) is 48.0 Å². The Kier molecular flexibility index (Phi) is 9.01. The van der Waals surface area contributed by atoms with Crippen molar-refractivity contribution in [3.05, 3.63) is 89.5 Å². The highest BCUT2D eigenvalue weighted by Gasteiger charge is 2.27. The topological polar surface area (TPSA) is 75.7 Å². The normalized spacial score (nSPS) is 11.1. The van der Waals surface area contributed by atoms with Crippen molar-refractivity contribution < 1.29 is 17.9 Å². The third-order valence-corrected chi connectivity index (χ3v) is 8.01. The zero-order valence-electron chi connectivity index (χ0n) is 19.7. The number of benzene rings is 3. The average Bonchev–Trinajstić information content (AvgIpc) is 2.82. The summed E-state index contributed by atoms with van der Waals surface area (Å²) in [6.45, 7) is 4.00. The lowest BCUT2D eigenvalue weighted by Gasteiger charge is -2.24. The number of anilines is 1. The number of methoxy groups -OCH3 is 1. The first kappa shape index (κ1) is 25.6. The number of ether oxygens (including phenoxy) is 1. The van der Waals surface area contributed by atoms with Crippen LogP contribution < -0.4 is 14.4 Å². The fraction of sp³-hybridized carbons (Fsp3) is 0.269. The Balaban J connectivity index is 1.65. The van der Waals surface area contributed by atoms with E-state index in [9.17, 15) is 13.2 Å². The highest BCUT2D eigenvalue weighted by Crippen LogP contribution is 2.27. The first-order valence-corrected chi connectivity index (χ1v) is 13.5. The number of thioether (sulfide) groups is 1. The van der Waals surface area contributed by atoms with Crippen molar-refractivity contribution in [3.63, 3.8) is 0 Å². The summed E-state index contributed by atoms with van der Waals surface area (Å²) in [5.74, 6) is 1.84. The van der Waals surface area contributed by atoms with Crippen LogP contribution in [-0.2, 0) is 20.6 Å². The van der Waals surface area contributed by atoms with Gasteiger partial charge in [-0.15, -0.1) is 0 Å². The van der Waals surface area contributed by atoms with Crippen molar-refractivity contribution in [2.24, 2.45) is 0 Å². The van der Waals surface area contributed by atoms with Crippen molar-refractivity contribution in [1.29, 1.82) is 0 Å². The van der Waals surface area contributed by atoms with E-state index >= 15 is 0 Å². The van der Waals surface area contributed by atoms with Gasteiger partial charge in [-0.2, -0.15) is 11.8 Å². The number of nitrogens with zero attached hydrogens (tertiary/aromatic N) is 1. The van der Waals surface area contributed by atoms with Crippen molar-refractivity contribution in [2.75, 3.05) is 30.3 Å². The molecule has 0 aliphatic rings. The lowest BCUT2D eigenvalue weighted by Crippen LogP contribution is -2.41. The van der Waals surface area contributed by atoms with E-state index in [0.717, 1.165) is 15.8 Å². The van der Waals surface area contributed by atoms with Crippen LogP contribution >= 0.6 is 11.8 Å². The third kappa shape index (κ3) is 6.77. The van der Waals surface area contributed by atoms with Gasteiger partial charge in [0, 0.05) is 18.1 Å². The maximum absolute atomic E-state index is 13.5. The summed E-state index contributed by atoms with van der Waals surface area (Å²) in [7, 11) is -2.42. The van der Waals surface area contributed by atoms with Crippen LogP contribution in [0.2, 0.25) is 0 Å². The summed E-state index contributed by atoms with van der Waals surface area (Å²) in [5, 5.41) is 2.85. The molecule has 0 radical (unpaired) electrons. The van der Waals surface area contributed by atoms with Gasteiger partial charge in [-0.05, 0) is 55.3 Å². The number of carbonyl (C=O) groups excluding carboxylic acids is 1. The third-order valence-electron chi connectivity index (χ3n) is 5.21. The number of sulfonamides is 1. The Hall–Kier alpha value is -2.97. The molecule has 0 heterocycles. The van der Waals surface area contributed by atoms with Gasteiger partial charge in [-0.3, -0.25) is 9.10 Å². The van der Waals surface area contributed by atoms with E-state index in [1.165, 1.54) is 24.3 Å². The molecule has 0 spiro atoms. The van der Waals surface area contributed by atoms with E-state index in [2.05, 4.69) is 30.4 Å². The molecular weight excluding hydrogens is 468 g/mol.